The normalized spacial score (nSPS) is 12.4. The molecule has 56 heavy (non-hydrogen) atoms. The van der Waals surface area contributed by atoms with Gasteiger partial charge in [0.05, 0.1) is 31.5 Å². The lowest BCUT2D eigenvalue weighted by Gasteiger charge is -2.14. The molecule has 3 amide bonds. The first-order valence-corrected chi connectivity index (χ1v) is 21.8. The third-order valence-corrected chi connectivity index (χ3v) is 10.3. The van der Waals surface area contributed by atoms with E-state index >= 15 is 0 Å². The third-order valence-electron chi connectivity index (χ3n) is 8.92. The molecule has 324 valence electrons. The summed E-state index contributed by atoms with van der Waals surface area (Å²) in [4.78, 5) is 81.3. The topological polar surface area (TPSA) is 269 Å². The Kier molecular flexibility index (Phi) is 31.3. The van der Waals surface area contributed by atoms with Crippen LogP contribution in [0.5, 0.6) is 0 Å². The highest BCUT2D eigenvalue weighted by Gasteiger charge is 2.24. The van der Waals surface area contributed by atoms with Gasteiger partial charge in [0.1, 0.15) is 12.6 Å². The summed E-state index contributed by atoms with van der Waals surface area (Å²) < 4.78 is 37.1. The fourth-order valence-electron chi connectivity index (χ4n) is 5.70. The maximum Gasteiger partial charge on any atom is 0.326 e. The SMILES string of the molecule is CCC(NC(=O)CC[C@H](CC(=O)COCCOCCNC(=O)CCCS(=O)(=O)NC(=O)CCCCCCCCCCCCCCCCC(=O)O)C(=O)O)C(=O)O. The average Bonchev–Trinajstić information content (AvgIpc) is 3.12. The van der Waals surface area contributed by atoms with Gasteiger partial charge in [0.2, 0.25) is 27.7 Å². The van der Waals surface area contributed by atoms with Crippen molar-refractivity contribution in [2.24, 2.45) is 5.92 Å². The largest absolute Gasteiger partial charge is 0.481 e. The van der Waals surface area contributed by atoms with Crippen LogP contribution in [0.4, 0.5) is 0 Å². The molecule has 0 bridgehead atoms. The Morgan fingerprint density at radius 2 is 1.11 bits per heavy atom. The molecule has 0 aromatic rings. The predicted octanol–water partition coefficient (Wildman–Crippen LogP) is 4.11. The van der Waals surface area contributed by atoms with E-state index in [1.165, 1.54) is 32.1 Å². The van der Waals surface area contributed by atoms with Gasteiger partial charge in [-0.2, -0.15) is 0 Å². The number of unbranched alkanes of at least 4 members (excludes halogenated alkanes) is 13. The maximum absolute atomic E-state index is 12.2. The number of sulfonamides is 1. The molecule has 0 aliphatic carbocycles. The van der Waals surface area contributed by atoms with Crippen LogP contribution in [0, 0.1) is 5.92 Å². The molecule has 0 radical (unpaired) electrons. The van der Waals surface area contributed by atoms with Crippen LogP contribution in [0.25, 0.3) is 0 Å². The minimum absolute atomic E-state index is 0.0281. The summed E-state index contributed by atoms with van der Waals surface area (Å²) in [5.41, 5.74) is 0. The van der Waals surface area contributed by atoms with E-state index < -0.39 is 57.5 Å². The lowest BCUT2D eigenvalue weighted by atomic mass is 9.97. The summed E-state index contributed by atoms with van der Waals surface area (Å²) >= 11 is 0. The van der Waals surface area contributed by atoms with Gasteiger partial charge in [-0.25, -0.2) is 13.2 Å². The number of ether oxygens (including phenoxy) is 2. The zero-order chi connectivity index (χ0) is 42.0. The van der Waals surface area contributed by atoms with Crippen LogP contribution < -0.4 is 15.4 Å². The number of carbonyl (C=O) groups is 7. The molecule has 18 heteroatoms. The quantitative estimate of drug-likeness (QED) is 0.0477. The van der Waals surface area contributed by atoms with Crippen LogP contribution in [0.2, 0.25) is 0 Å². The van der Waals surface area contributed by atoms with E-state index in [9.17, 15) is 47.1 Å². The van der Waals surface area contributed by atoms with E-state index in [-0.39, 0.29) is 96.0 Å². The van der Waals surface area contributed by atoms with Gasteiger partial charge < -0.3 is 35.4 Å². The second-order valence-electron chi connectivity index (χ2n) is 14.0. The third kappa shape index (κ3) is 32.6. The van der Waals surface area contributed by atoms with Crippen molar-refractivity contribution in [1.82, 2.24) is 15.4 Å². The first kappa shape index (κ1) is 52.4. The number of nitrogens with one attached hydrogen (secondary N) is 3. The molecule has 6 N–H and O–H groups in total. The summed E-state index contributed by atoms with van der Waals surface area (Å²) in [7, 11) is -3.85. The van der Waals surface area contributed by atoms with E-state index in [4.69, 9.17) is 19.7 Å². The molecule has 0 saturated heterocycles. The van der Waals surface area contributed by atoms with Crippen LogP contribution in [0.3, 0.4) is 0 Å². The summed E-state index contributed by atoms with van der Waals surface area (Å²) in [6.07, 6.45) is 14.5. The van der Waals surface area contributed by atoms with Crippen molar-refractivity contribution in [3.05, 3.63) is 0 Å². The first-order valence-electron chi connectivity index (χ1n) is 20.1. The molecule has 0 spiro atoms. The number of aliphatic carboxylic acids is 3. The lowest BCUT2D eigenvalue weighted by Crippen LogP contribution is -2.40. The molecule has 0 aliphatic heterocycles. The molecular weight excluding hydrogens is 754 g/mol. The number of carboxylic acids is 3. The minimum Gasteiger partial charge on any atom is -0.481 e. The van der Waals surface area contributed by atoms with Crippen molar-refractivity contribution in [3.8, 4) is 0 Å². The molecule has 0 rings (SSSR count). The van der Waals surface area contributed by atoms with Crippen LogP contribution in [-0.2, 0) is 53.1 Å². The summed E-state index contributed by atoms with van der Waals surface area (Å²) in [5.74, 6) is -6.69. The standard InChI is InChI=1S/C38H67N3O14S/c1-2-32(38(50)51)40-34(44)22-21-30(37(48)49)28-31(42)29-55-26-25-54-24-23-39-33(43)19-17-27-56(52,53)41-35(45)18-15-13-11-9-7-5-3-4-6-8-10-12-14-16-20-36(46)47/h30,32H,2-29H2,1H3,(H,39,43)(H,40,44)(H,41,45)(H,46,47)(H,48,49)(H,50,51)/t30-,32?/m1/s1. The Hall–Kier alpha value is -3.64. The van der Waals surface area contributed by atoms with Crippen molar-refractivity contribution in [1.29, 1.82) is 0 Å². The fraction of sp³-hybridized carbons (Fsp3) is 0.816. The number of rotatable bonds is 39. The van der Waals surface area contributed by atoms with Crippen LogP contribution in [0.1, 0.15) is 148 Å². The van der Waals surface area contributed by atoms with Crippen LogP contribution in [0.15, 0.2) is 0 Å². The number of carbonyl (C=O) groups excluding carboxylic acids is 4. The molecular formula is C38H67N3O14S. The average molecular weight is 822 g/mol. The van der Waals surface area contributed by atoms with Gasteiger partial charge in [-0.3, -0.25) is 33.5 Å². The van der Waals surface area contributed by atoms with E-state index in [0.29, 0.717) is 6.42 Å². The number of carboxylic acid groups (broad SMARTS) is 3. The second-order valence-corrected chi connectivity index (χ2v) is 15.8. The van der Waals surface area contributed by atoms with E-state index in [1.54, 1.807) is 6.92 Å². The molecule has 1 unspecified atom stereocenters. The Morgan fingerprint density at radius 3 is 1.62 bits per heavy atom. The van der Waals surface area contributed by atoms with Gasteiger partial charge >= 0.3 is 17.9 Å². The molecule has 0 aromatic carbocycles. The van der Waals surface area contributed by atoms with Crippen LogP contribution >= 0.6 is 0 Å². The number of hydrogen-bond donors (Lipinski definition) is 6. The highest BCUT2D eigenvalue weighted by atomic mass is 32.2. The minimum atomic E-state index is -3.85. The highest BCUT2D eigenvalue weighted by Crippen LogP contribution is 2.15. The first-order chi connectivity index (χ1) is 26.7. The molecule has 0 saturated carbocycles. The van der Waals surface area contributed by atoms with Gasteiger partial charge in [0.25, 0.3) is 0 Å². The Morgan fingerprint density at radius 1 is 0.589 bits per heavy atom. The Balaban J connectivity index is 3.82. The van der Waals surface area contributed by atoms with Gasteiger partial charge in [-0.1, -0.05) is 84.0 Å². The van der Waals surface area contributed by atoms with Crippen molar-refractivity contribution in [2.45, 2.75) is 154 Å². The van der Waals surface area contributed by atoms with E-state index in [2.05, 4.69) is 15.4 Å². The highest BCUT2D eigenvalue weighted by molar-refractivity contribution is 7.90. The summed E-state index contributed by atoms with van der Waals surface area (Å²) in [6.45, 7) is 1.63. The number of hydrogen-bond acceptors (Lipinski definition) is 11. The van der Waals surface area contributed by atoms with E-state index in [0.717, 1.165) is 51.4 Å². The van der Waals surface area contributed by atoms with Gasteiger partial charge in [-0.05, 0) is 32.1 Å². The van der Waals surface area contributed by atoms with Crippen molar-refractivity contribution >= 4 is 51.4 Å². The molecule has 0 aromatic heterocycles. The van der Waals surface area contributed by atoms with Crippen LogP contribution in [-0.4, -0.2) is 110 Å². The van der Waals surface area contributed by atoms with Gasteiger partial charge in [0, 0.05) is 38.6 Å². The number of amides is 3. The van der Waals surface area contributed by atoms with Crippen molar-refractivity contribution in [3.63, 3.8) is 0 Å². The van der Waals surface area contributed by atoms with Crippen molar-refractivity contribution < 1.29 is 66.8 Å². The monoisotopic (exact) mass is 821 g/mol. The summed E-state index contributed by atoms with van der Waals surface area (Å²) in [5, 5.41) is 31.9. The Bertz CT molecular complexity index is 1280. The van der Waals surface area contributed by atoms with E-state index in [1.807, 2.05) is 0 Å². The fourth-order valence-corrected chi connectivity index (χ4v) is 6.77. The van der Waals surface area contributed by atoms with Crippen molar-refractivity contribution in [2.75, 3.05) is 38.7 Å². The lowest BCUT2D eigenvalue weighted by molar-refractivity contribution is -0.145. The zero-order valence-corrected chi connectivity index (χ0v) is 34.0. The number of ketones is 1. The molecule has 2 atom stereocenters. The molecule has 0 fully saturated rings. The second kappa shape index (κ2) is 33.5. The molecule has 0 heterocycles. The zero-order valence-electron chi connectivity index (χ0n) is 33.2. The smallest absolute Gasteiger partial charge is 0.326 e. The Labute approximate surface area is 331 Å². The summed E-state index contributed by atoms with van der Waals surface area (Å²) in [6, 6.07) is -1.07. The van der Waals surface area contributed by atoms with Gasteiger partial charge in [0.15, 0.2) is 5.78 Å². The molecule has 17 nitrogen and oxygen atoms in total. The molecule has 0 aliphatic rings. The maximum atomic E-state index is 12.2. The predicted molar refractivity (Wildman–Crippen MR) is 207 cm³/mol. The number of Topliss-reactive ketones (excluding diaryl/α,β-unsaturated/α-hetero) is 1. The van der Waals surface area contributed by atoms with Gasteiger partial charge in [-0.15, -0.1) is 0 Å².